The van der Waals surface area contributed by atoms with Gasteiger partial charge in [-0.1, -0.05) is 49.6 Å². The molecule has 0 heterocycles. The van der Waals surface area contributed by atoms with Crippen molar-refractivity contribution in [3.05, 3.63) is 35.4 Å². The molecule has 1 aromatic carbocycles. The molecule has 0 amide bonds. The summed E-state index contributed by atoms with van der Waals surface area (Å²) < 4.78 is 0. The molecule has 2 rings (SSSR count). The SMILES string of the molecule is CCC(=O)C(C)(C#N)C1(c2cccc(C)c2)CCCC1. The molecule has 0 saturated heterocycles. The van der Waals surface area contributed by atoms with Crippen molar-refractivity contribution in [1.29, 1.82) is 5.26 Å². The maximum Gasteiger partial charge on any atom is 0.153 e. The van der Waals surface area contributed by atoms with Gasteiger partial charge in [0.2, 0.25) is 0 Å². The standard InChI is InChI=1S/C18H23NO/c1-4-16(20)17(3,13-19)18(10-5-6-11-18)15-9-7-8-14(2)12-15/h7-9,12H,4-6,10-11H2,1-3H3. The summed E-state index contributed by atoms with van der Waals surface area (Å²) in [4.78, 5) is 12.5. The monoisotopic (exact) mass is 269 g/mol. The van der Waals surface area contributed by atoms with Crippen molar-refractivity contribution in [3.63, 3.8) is 0 Å². The number of hydrogen-bond donors (Lipinski definition) is 0. The fourth-order valence-electron chi connectivity index (χ4n) is 3.79. The zero-order valence-corrected chi connectivity index (χ0v) is 12.7. The van der Waals surface area contributed by atoms with E-state index in [0.29, 0.717) is 6.42 Å². The number of ketones is 1. The van der Waals surface area contributed by atoms with Crippen molar-refractivity contribution in [2.24, 2.45) is 5.41 Å². The lowest BCUT2D eigenvalue weighted by molar-refractivity contribution is -0.128. The van der Waals surface area contributed by atoms with Crippen molar-refractivity contribution < 1.29 is 4.79 Å². The van der Waals surface area contributed by atoms with E-state index < -0.39 is 5.41 Å². The summed E-state index contributed by atoms with van der Waals surface area (Å²) in [5, 5.41) is 9.77. The van der Waals surface area contributed by atoms with Gasteiger partial charge in [0.15, 0.2) is 5.78 Å². The maximum atomic E-state index is 12.5. The van der Waals surface area contributed by atoms with Crippen LogP contribution in [0.3, 0.4) is 0 Å². The third-order valence-electron chi connectivity index (χ3n) is 5.09. The summed E-state index contributed by atoms with van der Waals surface area (Å²) in [6.45, 7) is 5.78. The second kappa shape index (κ2) is 5.40. The van der Waals surface area contributed by atoms with Gasteiger partial charge in [0.25, 0.3) is 0 Å². The van der Waals surface area contributed by atoms with Crippen LogP contribution in [0.2, 0.25) is 0 Å². The first kappa shape index (κ1) is 14.8. The number of carbonyl (C=O) groups excluding carboxylic acids is 1. The fraction of sp³-hybridized carbons (Fsp3) is 0.556. The molecule has 2 heteroatoms. The van der Waals surface area contributed by atoms with Crippen LogP contribution in [0.5, 0.6) is 0 Å². The van der Waals surface area contributed by atoms with Crippen LogP contribution in [0.4, 0.5) is 0 Å². The first-order valence-corrected chi connectivity index (χ1v) is 7.52. The molecule has 0 N–H and O–H groups in total. The second-order valence-electron chi connectivity index (χ2n) is 6.17. The van der Waals surface area contributed by atoms with Crippen LogP contribution in [-0.4, -0.2) is 5.78 Å². The van der Waals surface area contributed by atoms with Crippen molar-refractivity contribution in [1.82, 2.24) is 0 Å². The lowest BCUT2D eigenvalue weighted by Crippen LogP contribution is -2.46. The van der Waals surface area contributed by atoms with Crippen molar-refractivity contribution in [2.75, 3.05) is 0 Å². The second-order valence-corrected chi connectivity index (χ2v) is 6.17. The summed E-state index contributed by atoms with van der Waals surface area (Å²) in [7, 11) is 0. The summed E-state index contributed by atoms with van der Waals surface area (Å²) >= 11 is 0. The number of nitriles is 1. The number of rotatable bonds is 4. The quantitative estimate of drug-likeness (QED) is 0.817. The summed E-state index contributed by atoms with van der Waals surface area (Å²) in [6.07, 6.45) is 4.50. The van der Waals surface area contributed by atoms with Gasteiger partial charge in [0.1, 0.15) is 5.41 Å². The Balaban J connectivity index is 2.61. The highest BCUT2D eigenvalue weighted by molar-refractivity contribution is 5.89. The number of aryl methyl sites for hydroxylation is 1. The molecular formula is C18H23NO. The number of benzene rings is 1. The van der Waals surface area contributed by atoms with Crippen LogP contribution < -0.4 is 0 Å². The maximum absolute atomic E-state index is 12.5. The van der Waals surface area contributed by atoms with Gasteiger partial charge >= 0.3 is 0 Å². The molecule has 1 fully saturated rings. The molecule has 0 bridgehead atoms. The molecule has 106 valence electrons. The predicted molar refractivity (Wildman–Crippen MR) is 80.3 cm³/mol. The minimum atomic E-state index is -0.911. The molecule has 1 aliphatic carbocycles. The third kappa shape index (κ3) is 2.06. The molecule has 2 nitrogen and oxygen atoms in total. The van der Waals surface area contributed by atoms with Gasteiger partial charge in [-0.3, -0.25) is 4.79 Å². The number of hydrogen-bond acceptors (Lipinski definition) is 2. The number of nitrogens with zero attached hydrogens (tertiary/aromatic N) is 1. The number of carbonyl (C=O) groups is 1. The largest absolute Gasteiger partial charge is 0.298 e. The average molecular weight is 269 g/mol. The third-order valence-corrected chi connectivity index (χ3v) is 5.09. The Kier molecular flexibility index (Phi) is 3.99. The van der Waals surface area contributed by atoms with Gasteiger partial charge < -0.3 is 0 Å². The molecule has 0 aromatic heterocycles. The molecular weight excluding hydrogens is 246 g/mol. The smallest absolute Gasteiger partial charge is 0.153 e. The Bertz CT molecular complexity index is 549. The molecule has 1 atom stereocenters. The van der Waals surface area contributed by atoms with E-state index in [9.17, 15) is 10.1 Å². The summed E-state index contributed by atoms with van der Waals surface area (Å²) in [5.41, 5.74) is 1.14. The van der Waals surface area contributed by atoms with E-state index in [0.717, 1.165) is 25.7 Å². The normalized spacial score (nSPS) is 20.1. The number of Topliss-reactive ketones (excluding diaryl/α,β-unsaturated/α-hetero) is 1. The predicted octanol–water partition coefficient (Wildman–Crippen LogP) is 4.32. The molecule has 1 unspecified atom stereocenters. The first-order valence-electron chi connectivity index (χ1n) is 7.52. The van der Waals surface area contributed by atoms with E-state index in [4.69, 9.17) is 0 Å². The van der Waals surface area contributed by atoms with Gasteiger partial charge in [-0.05, 0) is 32.3 Å². The molecule has 0 radical (unpaired) electrons. The van der Waals surface area contributed by atoms with Crippen LogP contribution in [0, 0.1) is 23.7 Å². The highest BCUT2D eigenvalue weighted by Crippen LogP contribution is 2.53. The van der Waals surface area contributed by atoms with E-state index in [1.807, 2.05) is 19.9 Å². The Labute approximate surface area is 121 Å². The van der Waals surface area contributed by atoms with Gasteiger partial charge in [0, 0.05) is 11.8 Å². The van der Waals surface area contributed by atoms with Crippen LogP contribution in [0.25, 0.3) is 0 Å². The van der Waals surface area contributed by atoms with Crippen LogP contribution in [-0.2, 0) is 10.2 Å². The van der Waals surface area contributed by atoms with Gasteiger partial charge in [0.05, 0.1) is 6.07 Å². The van der Waals surface area contributed by atoms with E-state index in [-0.39, 0.29) is 11.2 Å². The van der Waals surface area contributed by atoms with Gasteiger partial charge in [-0.2, -0.15) is 5.26 Å². The average Bonchev–Trinajstić information content (AvgIpc) is 2.96. The summed E-state index contributed by atoms with van der Waals surface area (Å²) in [5.74, 6) is 0.0726. The highest BCUT2D eigenvalue weighted by Gasteiger charge is 2.54. The topological polar surface area (TPSA) is 40.9 Å². The molecule has 1 saturated carbocycles. The lowest BCUT2D eigenvalue weighted by atomic mass is 9.58. The summed E-state index contributed by atoms with van der Waals surface area (Å²) in [6, 6.07) is 10.7. The van der Waals surface area contributed by atoms with Crippen LogP contribution in [0.15, 0.2) is 24.3 Å². The minimum Gasteiger partial charge on any atom is -0.298 e. The lowest BCUT2D eigenvalue weighted by Gasteiger charge is -2.41. The Morgan fingerprint density at radius 3 is 2.55 bits per heavy atom. The molecule has 1 aromatic rings. The van der Waals surface area contributed by atoms with Crippen LogP contribution >= 0.6 is 0 Å². The van der Waals surface area contributed by atoms with E-state index >= 15 is 0 Å². The van der Waals surface area contributed by atoms with Crippen molar-refractivity contribution in [3.8, 4) is 6.07 Å². The van der Waals surface area contributed by atoms with E-state index in [2.05, 4.69) is 31.2 Å². The van der Waals surface area contributed by atoms with Crippen molar-refractivity contribution >= 4 is 5.78 Å². The molecule has 0 aliphatic heterocycles. The Morgan fingerprint density at radius 2 is 2.05 bits per heavy atom. The van der Waals surface area contributed by atoms with Gasteiger partial charge in [-0.15, -0.1) is 0 Å². The highest BCUT2D eigenvalue weighted by atomic mass is 16.1. The fourth-order valence-corrected chi connectivity index (χ4v) is 3.79. The Morgan fingerprint density at radius 1 is 1.40 bits per heavy atom. The van der Waals surface area contributed by atoms with Gasteiger partial charge in [-0.25, -0.2) is 0 Å². The first-order chi connectivity index (χ1) is 9.50. The molecule has 0 spiro atoms. The van der Waals surface area contributed by atoms with Crippen molar-refractivity contribution in [2.45, 2.75) is 58.3 Å². The zero-order valence-electron chi connectivity index (χ0n) is 12.7. The van der Waals surface area contributed by atoms with Crippen LogP contribution in [0.1, 0.15) is 57.1 Å². The van der Waals surface area contributed by atoms with E-state index in [1.54, 1.807) is 0 Å². The Hall–Kier alpha value is -1.62. The minimum absolute atomic E-state index is 0.0726. The van der Waals surface area contributed by atoms with E-state index in [1.165, 1.54) is 11.1 Å². The zero-order chi connectivity index (χ0) is 14.8. The molecule has 1 aliphatic rings. The molecule has 20 heavy (non-hydrogen) atoms.